The summed E-state index contributed by atoms with van der Waals surface area (Å²) in [6.45, 7) is 8.23. The van der Waals surface area contributed by atoms with E-state index in [0.29, 0.717) is 0 Å². The first-order valence-corrected chi connectivity index (χ1v) is 7.57. The molecular weight excluding hydrogens is 274 g/mol. The summed E-state index contributed by atoms with van der Waals surface area (Å²) in [6, 6.07) is 4.47. The first-order chi connectivity index (χ1) is 10.6. The molecule has 0 unspecified atom stereocenters. The van der Waals surface area contributed by atoms with Gasteiger partial charge in [0.15, 0.2) is 0 Å². The summed E-state index contributed by atoms with van der Waals surface area (Å²) in [6.07, 6.45) is 8.24. The van der Waals surface area contributed by atoms with Crippen LogP contribution in [-0.2, 0) is 13.1 Å². The van der Waals surface area contributed by atoms with Crippen LogP contribution < -0.4 is 0 Å². The highest BCUT2D eigenvalue weighted by Gasteiger charge is 2.10. The monoisotopic (exact) mass is 295 g/mol. The Morgan fingerprint density at radius 2 is 1.82 bits per heavy atom. The van der Waals surface area contributed by atoms with E-state index in [9.17, 15) is 0 Å². The smallest absolute Gasteiger partial charge is 0.140 e. The quantitative estimate of drug-likeness (QED) is 0.726. The maximum absolute atomic E-state index is 4.56. The zero-order valence-electron chi connectivity index (χ0n) is 13.3. The van der Waals surface area contributed by atoms with Crippen molar-refractivity contribution in [3.8, 4) is 11.4 Å². The summed E-state index contributed by atoms with van der Waals surface area (Å²) in [5, 5.41) is 4.13. The van der Waals surface area contributed by atoms with Gasteiger partial charge in [-0.15, -0.1) is 0 Å². The van der Waals surface area contributed by atoms with Crippen LogP contribution in [0.25, 0.3) is 11.4 Å². The van der Waals surface area contributed by atoms with Crippen LogP contribution in [0, 0.1) is 20.8 Å². The Balaban J connectivity index is 1.78. The Morgan fingerprint density at radius 3 is 2.59 bits per heavy atom. The fourth-order valence-electron chi connectivity index (χ4n) is 2.69. The fourth-order valence-corrected chi connectivity index (χ4v) is 2.69. The summed E-state index contributed by atoms with van der Waals surface area (Å²) < 4.78 is 4.08. The molecular formula is C17H21N5. The molecule has 2 aromatic heterocycles. The van der Waals surface area contributed by atoms with Crippen LogP contribution >= 0.6 is 0 Å². The highest BCUT2D eigenvalue weighted by molar-refractivity contribution is 5.62. The molecule has 0 amide bonds. The lowest BCUT2D eigenvalue weighted by atomic mass is 10.0. The minimum Gasteiger partial charge on any atom is -0.331 e. The van der Waals surface area contributed by atoms with E-state index in [1.165, 1.54) is 22.3 Å². The van der Waals surface area contributed by atoms with Gasteiger partial charge in [0.25, 0.3) is 0 Å². The van der Waals surface area contributed by atoms with Gasteiger partial charge in [0.05, 0.1) is 0 Å². The highest BCUT2D eigenvalue weighted by atomic mass is 15.3. The normalized spacial score (nSPS) is 11.0. The van der Waals surface area contributed by atoms with Crippen molar-refractivity contribution in [3.05, 3.63) is 53.9 Å². The molecule has 0 N–H and O–H groups in total. The standard InChI is InChI=1S/C17H21N5/c1-13-9-15(3)16(10-14(13)2)17-19-5-8-21(17)6-4-7-22-12-18-11-20-22/h5,8-12H,4,6-7H2,1-3H3. The predicted molar refractivity (Wildman–Crippen MR) is 86.5 cm³/mol. The lowest BCUT2D eigenvalue weighted by Crippen LogP contribution is -2.06. The van der Waals surface area contributed by atoms with Gasteiger partial charge in [-0.1, -0.05) is 6.07 Å². The molecule has 0 saturated heterocycles. The second-order valence-electron chi connectivity index (χ2n) is 5.71. The third-order valence-electron chi connectivity index (χ3n) is 4.05. The van der Waals surface area contributed by atoms with E-state index in [1.54, 1.807) is 12.7 Å². The number of aromatic nitrogens is 5. The Bertz CT molecular complexity index is 755. The highest BCUT2D eigenvalue weighted by Crippen LogP contribution is 2.25. The van der Waals surface area contributed by atoms with Gasteiger partial charge in [-0.05, 0) is 49.9 Å². The largest absolute Gasteiger partial charge is 0.331 e. The lowest BCUT2D eigenvalue weighted by Gasteiger charge is -2.12. The third-order valence-corrected chi connectivity index (χ3v) is 4.05. The zero-order chi connectivity index (χ0) is 15.5. The van der Waals surface area contributed by atoms with E-state index in [4.69, 9.17) is 0 Å². The van der Waals surface area contributed by atoms with E-state index in [1.807, 2.05) is 17.1 Å². The van der Waals surface area contributed by atoms with E-state index in [0.717, 1.165) is 25.3 Å². The SMILES string of the molecule is Cc1cc(C)c(-c2nccn2CCCn2cncn2)cc1C. The molecule has 114 valence electrons. The third kappa shape index (κ3) is 2.93. The van der Waals surface area contributed by atoms with Crippen LogP contribution in [0.4, 0.5) is 0 Å². The molecule has 2 heterocycles. The molecule has 3 aromatic rings. The molecule has 0 atom stereocenters. The Morgan fingerprint density at radius 1 is 1.00 bits per heavy atom. The molecule has 3 rings (SSSR count). The topological polar surface area (TPSA) is 48.5 Å². The van der Waals surface area contributed by atoms with Crippen molar-refractivity contribution in [3.63, 3.8) is 0 Å². The first-order valence-electron chi connectivity index (χ1n) is 7.57. The van der Waals surface area contributed by atoms with E-state index >= 15 is 0 Å². The van der Waals surface area contributed by atoms with E-state index in [-0.39, 0.29) is 0 Å². The molecule has 0 aliphatic heterocycles. The van der Waals surface area contributed by atoms with Gasteiger partial charge in [0.1, 0.15) is 18.5 Å². The number of nitrogens with zero attached hydrogens (tertiary/aromatic N) is 5. The molecule has 0 bridgehead atoms. The predicted octanol–water partition coefficient (Wildman–Crippen LogP) is 3.16. The van der Waals surface area contributed by atoms with Gasteiger partial charge >= 0.3 is 0 Å². The van der Waals surface area contributed by atoms with Crippen molar-refractivity contribution < 1.29 is 0 Å². The van der Waals surface area contributed by atoms with Gasteiger partial charge in [-0.2, -0.15) is 5.10 Å². The maximum atomic E-state index is 4.56. The average Bonchev–Trinajstić information content (AvgIpc) is 3.14. The molecule has 0 aliphatic rings. The summed E-state index contributed by atoms with van der Waals surface area (Å²) in [7, 11) is 0. The van der Waals surface area contributed by atoms with Crippen molar-refractivity contribution in [1.82, 2.24) is 24.3 Å². The second kappa shape index (κ2) is 6.13. The Hall–Kier alpha value is -2.43. The molecule has 0 aliphatic carbocycles. The van der Waals surface area contributed by atoms with Gasteiger partial charge in [0, 0.05) is 31.0 Å². The van der Waals surface area contributed by atoms with E-state index < -0.39 is 0 Å². The average molecular weight is 295 g/mol. The number of rotatable bonds is 5. The van der Waals surface area contributed by atoms with Crippen molar-refractivity contribution in [2.24, 2.45) is 0 Å². The van der Waals surface area contributed by atoms with Crippen LogP contribution in [0.3, 0.4) is 0 Å². The minimum atomic E-state index is 0.865. The molecule has 0 radical (unpaired) electrons. The summed E-state index contributed by atoms with van der Waals surface area (Å²) in [4.78, 5) is 8.53. The van der Waals surface area contributed by atoms with Crippen LogP contribution in [-0.4, -0.2) is 24.3 Å². The number of hydrogen-bond donors (Lipinski definition) is 0. The fraction of sp³-hybridized carbons (Fsp3) is 0.353. The van der Waals surface area contributed by atoms with E-state index in [2.05, 4.69) is 52.5 Å². The Labute approximate surface area is 130 Å². The second-order valence-corrected chi connectivity index (χ2v) is 5.71. The number of imidazole rings is 1. The molecule has 22 heavy (non-hydrogen) atoms. The number of hydrogen-bond acceptors (Lipinski definition) is 3. The van der Waals surface area contributed by atoms with Crippen LogP contribution in [0.15, 0.2) is 37.2 Å². The van der Waals surface area contributed by atoms with Crippen molar-refractivity contribution in [1.29, 1.82) is 0 Å². The van der Waals surface area contributed by atoms with Gasteiger partial charge in [-0.25, -0.2) is 9.97 Å². The summed E-state index contributed by atoms with van der Waals surface area (Å²) >= 11 is 0. The molecule has 0 saturated carbocycles. The molecule has 5 nitrogen and oxygen atoms in total. The van der Waals surface area contributed by atoms with Crippen LogP contribution in [0.5, 0.6) is 0 Å². The van der Waals surface area contributed by atoms with Crippen LogP contribution in [0.2, 0.25) is 0 Å². The van der Waals surface area contributed by atoms with Crippen molar-refractivity contribution >= 4 is 0 Å². The molecule has 5 heteroatoms. The first kappa shape index (κ1) is 14.5. The lowest BCUT2D eigenvalue weighted by molar-refractivity contribution is 0.528. The zero-order valence-corrected chi connectivity index (χ0v) is 13.3. The number of benzene rings is 1. The maximum Gasteiger partial charge on any atom is 0.140 e. The molecule has 0 fully saturated rings. The van der Waals surface area contributed by atoms with Crippen molar-refractivity contribution in [2.75, 3.05) is 0 Å². The minimum absolute atomic E-state index is 0.865. The summed E-state index contributed by atoms with van der Waals surface area (Å²) in [5.74, 6) is 1.04. The molecule has 0 spiro atoms. The van der Waals surface area contributed by atoms with Gasteiger partial charge in [-0.3, -0.25) is 4.68 Å². The van der Waals surface area contributed by atoms with Crippen LogP contribution in [0.1, 0.15) is 23.1 Å². The summed E-state index contributed by atoms with van der Waals surface area (Å²) in [5.41, 5.74) is 5.11. The molecule has 1 aromatic carbocycles. The number of aryl methyl sites for hydroxylation is 5. The van der Waals surface area contributed by atoms with Gasteiger partial charge < -0.3 is 4.57 Å². The van der Waals surface area contributed by atoms with Gasteiger partial charge in [0.2, 0.25) is 0 Å². The Kier molecular flexibility index (Phi) is 4.04. The van der Waals surface area contributed by atoms with Crippen molar-refractivity contribution in [2.45, 2.75) is 40.3 Å².